The SMILES string of the molecule is COCCN(C(=O)C1CCC(C(=O)O)CC1)C(C)C1CC1. The van der Waals surface area contributed by atoms with Crippen LogP contribution in [0, 0.1) is 17.8 Å². The first-order valence-corrected chi connectivity index (χ1v) is 8.06. The van der Waals surface area contributed by atoms with Crippen molar-refractivity contribution in [3.63, 3.8) is 0 Å². The van der Waals surface area contributed by atoms with Gasteiger partial charge in [0.05, 0.1) is 12.5 Å². The highest BCUT2D eigenvalue weighted by Gasteiger charge is 2.38. The Labute approximate surface area is 126 Å². The lowest BCUT2D eigenvalue weighted by Gasteiger charge is -2.34. The van der Waals surface area contributed by atoms with E-state index >= 15 is 0 Å². The quantitative estimate of drug-likeness (QED) is 0.782. The van der Waals surface area contributed by atoms with Gasteiger partial charge in [0, 0.05) is 25.6 Å². The smallest absolute Gasteiger partial charge is 0.306 e. The Bertz CT molecular complexity index is 372. The van der Waals surface area contributed by atoms with E-state index in [0.717, 1.165) is 0 Å². The molecule has 0 aromatic carbocycles. The maximum Gasteiger partial charge on any atom is 0.306 e. The fourth-order valence-electron chi connectivity index (χ4n) is 3.36. The number of rotatable bonds is 7. The van der Waals surface area contributed by atoms with Crippen LogP contribution in [0.2, 0.25) is 0 Å². The van der Waals surface area contributed by atoms with Gasteiger partial charge in [-0.25, -0.2) is 0 Å². The molecule has 0 saturated heterocycles. The summed E-state index contributed by atoms with van der Waals surface area (Å²) in [7, 11) is 1.66. The van der Waals surface area contributed by atoms with Crippen LogP contribution >= 0.6 is 0 Å². The molecule has 2 saturated carbocycles. The molecule has 1 atom stereocenters. The summed E-state index contributed by atoms with van der Waals surface area (Å²) < 4.78 is 5.14. The molecule has 1 amide bonds. The number of carboxylic acid groups (broad SMARTS) is 1. The molecule has 0 radical (unpaired) electrons. The Morgan fingerprint density at radius 1 is 1.14 bits per heavy atom. The minimum atomic E-state index is -0.719. The largest absolute Gasteiger partial charge is 0.481 e. The maximum atomic E-state index is 12.8. The van der Waals surface area contributed by atoms with Gasteiger partial charge in [-0.3, -0.25) is 9.59 Å². The average molecular weight is 297 g/mol. The van der Waals surface area contributed by atoms with Gasteiger partial charge in [0.15, 0.2) is 0 Å². The van der Waals surface area contributed by atoms with Crippen molar-refractivity contribution in [2.45, 2.75) is 51.5 Å². The van der Waals surface area contributed by atoms with Crippen LogP contribution in [0.3, 0.4) is 0 Å². The number of aliphatic carboxylic acids is 1. The molecule has 120 valence electrons. The number of carbonyl (C=O) groups is 2. The molecule has 2 aliphatic carbocycles. The van der Waals surface area contributed by atoms with Crippen molar-refractivity contribution < 1.29 is 19.4 Å². The first kappa shape index (κ1) is 16.3. The summed E-state index contributed by atoms with van der Waals surface area (Å²) in [4.78, 5) is 25.8. The Morgan fingerprint density at radius 3 is 2.19 bits per heavy atom. The number of amides is 1. The highest BCUT2D eigenvalue weighted by Crippen LogP contribution is 2.37. The number of hydrogen-bond acceptors (Lipinski definition) is 3. The third kappa shape index (κ3) is 4.19. The molecule has 0 aromatic heterocycles. The minimum absolute atomic E-state index is 0.00124. The topological polar surface area (TPSA) is 66.8 Å². The molecule has 0 bridgehead atoms. The highest BCUT2D eigenvalue weighted by atomic mass is 16.5. The molecule has 2 aliphatic rings. The number of carboxylic acids is 1. The van der Waals surface area contributed by atoms with Gasteiger partial charge in [-0.05, 0) is 51.4 Å². The van der Waals surface area contributed by atoms with Crippen LogP contribution in [-0.4, -0.2) is 48.2 Å². The summed E-state index contributed by atoms with van der Waals surface area (Å²) in [6.45, 7) is 3.34. The van der Waals surface area contributed by atoms with Gasteiger partial charge < -0.3 is 14.7 Å². The van der Waals surface area contributed by atoms with E-state index in [9.17, 15) is 9.59 Å². The molecule has 21 heavy (non-hydrogen) atoms. The summed E-state index contributed by atoms with van der Waals surface area (Å²) in [5.41, 5.74) is 0. The van der Waals surface area contributed by atoms with Gasteiger partial charge in [-0.2, -0.15) is 0 Å². The molecule has 1 N–H and O–H groups in total. The number of nitrogens with zero attached hydrogens (tertiary/aromatic N) is 1. The number of ether oxygens (including phenoxy) is 1. The molecule has 0 heterocycles. The molecular weight excluding hydrogens is 270 g/mol. The zero-order valence-corrected chi connectivity index (χ0v) is 13.1. The van der Waals surface area contributed by atoms with Crippen LogP contribution < -0.4 is 0 Å². The van der Waals surface area contributed by atoms with E-state index in [1.54, 1.807) is 7.11 Å². The lowest BCUT2D eigenvalue weighted by Crippen LogP contribution is -2.46. The number of hydrogen-bond donors (Lipinski definition) is 1. The second-order valence-corrected chi connectivity index (χ2v) is 6.49. The molecule has 0 aliphatic heterocycles. The van der Waals surface area contributed by atoms with Crippen LogP contribution in [0.4, 0.5) is 0 Å². The monoisotopic (exact) mass is 297 g/mol. The summed E-state index contributed by atoms with van der Waals surface area (Å²) in [5.74, 6) is -0.138. The third-order valence-electron chi connectivity index (χ3n) is 5.04. The van der Waals surface area contributed by atoms with Crippen LogP contribution in [0.5, 0.6) is 0 Å². The van der Waals surface area contributed by atoms with E-state index < -0.39 is 5.97 Å². The second kappa shape index (κ2) is 7.25. The zero-order valence-electron chi connectivity index (χ0n) is 13.1. The Kier molecular flexibility index (Phi) is 5.62. The van der Waals surface area contributed by atoms with Crippen molar-refractivity contribution in [3.05, 3.63) is 0 Å². The summed E-state index contributed by atoms with van der Waals surface area (Å²) >= 11 is 0. The van der Waals surface area contributed by atoms with Gasteiger partial charge in [-0.15, -0.1) is 0 Å². The summed E-state index contributed by atoms with van der Waals surface area (Å²) in [5, 5.41) is 9.05. The van der Waals surface area contributed by atoms with Crippen LogP contribution in [0.1, 0.15) is 45.4 Å². The standard InChI is InChI=1S/C16H27NO4/c1-11(12-3-4-12)17(9-10-21-2)15(18)13-5-7-14(8-6-13)16(19)20/h11-14H,3-10H2,1-2H3,(H,19,20). The lowest BCUT2D eigenvalue weighted by molar-refractivity contribution is -0.146. The lowest BCUT2D eigenvalue weighted by atomic mass is 9.81. The first-order valence-electron chi connectivity index (χ1n) is 8.06. The third-order valence-corrected chi connectivity index (χ3v) is 5.04. The van der Waals surface area contributed by atoms with Crippen molar-refractivity contribution in [3.8, 4) is 0 Å². The molecule has 5 nitrogen and oxygen atoms in total. The molecular formula is C16H27NO4. The van der Waals surface area contributed by atoms with Crippen molar-refractivity contribution in [2.24, 2.45) is 17.8 Å². The van der Waals surface area contributed by atoms with Crippen LogP contribution in [0.25, 0.3) is 0 Å². The minimum Gasteiger partial charge on any atom is -0.481 e. The molecule has 2 fully saturated rings. The van der Waals surface area contributed by atoms with E-state index in [4.69, 9.17) is 9.84 Å². The summed E-state index contributed by atoms with van der Waals surface area (Å²) in [6.07, 6.45) is 5.09. The van der Waals surface area contributed by atoms with E-state index in [1.165, 1.54) is 12.8 Å². The average Bonchev–Trinajstić information content (AvgIpc) is 3.32. The predicted molar refractivity (Wildman–Crippen MR) is 78.9 cm³/mol. The fourth-order valence-corrected chi connectivity index (χ4v) is 3.36. The predicted octanol–water partition coefficient (Wildman–Crippen LogP) is 2.15. The normalized spacial score (nSPS) is 27.1. The van der Waals surface area contributed by atoms with Gasteiger partial charge in [0.25, 0.3) is 0 Å². The van der Waals surface area contributed by atoms with Gasteiger partial charge in [-0.1, -0.05) is 0 Å². The number of methoxy groups -OCH3 is 1. The fraction of sp³-hybridized carbons (Fsp3) is 0.875. The summed E-state index contributed by atoms with van der Waals surface area (Å²) in [6, 6.07) is 0.282. The maximum absolute atomic E-state index is 12.8. The molecule has 0 spiro atoms. The van der Waals surface area contributed by atoms with Gasteiger partial charge >= 0.3 is 5.97 Å². The van der Waals surface area contributed by atoms with E-state index in [0.29, 0.717) is 44.8 Å². The van der Waals surface area contributed by atoms with Gasteiger partial charge in [0.1, 0.15) is 0 Å². The van der Waals surface area contributed by atoms with E-state index in [2.05, 4.69) is 6.92 Å². The number of carbonyl (C=O) groups excluding carboxylic acids is 1. The second-order valence-electron chi connectivity index (χ2n) is 6.49. The molecule has 5 heteroatoms. The highest BCUT2D eigenvalue weighted by molar-refractivity contribution is 5.80. The first-order chi connectivity index (χ1) is 10.0. The molecule has 0 aromatic rings. The van der Waals surface area contributed by atoms with Crippen molar-refractivity contribution >= 4 is 11.9 Å². The Balaban J connectivity index is 1.92. The van der Waals surface area contributed by atoms with E-state index in [-0.39, 0.29) is 23.8 Å². The molecule has 1 unspecified atom stereocenters. The Hall–Kier alpha value is -1.10. The molecule has 2 rings (SSSR count). The van der Waals surface area contributed by atoms with E-state index in [1.807, 2.05) is 4.90 Å². The Morgan fingerprint density at radius 2 is 1.71 bits per heavy atom. The van der Waals surface area contributed by atoms with Crippen molar-refractivity contribution in [2.75, 3.05) is 20.3 Å². The van der Waals surface area contributed by atoms with Crippen LogP contribution in [0.15, 0.2) is 0 Å². The van der Waals surface area contributed by atoms with Crippen molar-refractivity contribution in [1.82, 2.24) is 4.90 Å². The zero-order chi connectivity index (χ0) is 15.4. The van der Waals surface area contributed by atoms with Gasteiger partial charge in [0.2, 0.25) is 5.91 Å². The van der Waals surface area contributed by atoms with Crippen LogP contribution in [-0.2, 0) is 14.3 Å². The van der Waals surface area contributed by atoms with Crippen molar-refractivity contribution in [1.29, 1.82) is 0 Å².